The molecule has 1 saturated carbocycles. The fourth-order valence-electron chi connectivity index (χ4n) is 3.49. The highest BCUT2D eigenvalue weighted by atomic mass is 35.5. The van der Waals surface area contributed by atoms with E-state index in [0.29, 0.717) is 12.5 Å². The third-order valence-electron chi connectivity index (χ3n) is 4.89. The Hall–Kier alpha value is -2.52. The minimum absolute atomic E-state index is 0. The lowest BCUT2D eigenvalue weighted by molar-refractivity contribution is -0.384. The van der Waals surface area contributed by atoms with Gasteiger partial charge in [0.15, 0.2) is 0 Å². The number of rotatable bonds is 6. The predicted octanol–water partition coefficient (Wildman–Crippen LogP) is 2.23. The number of nitrogens with zero attached hydrogens (tertiary/aromatic N) is 4. The number of nitrogens with two attached hydrogens (primary N) is 1. The molecule has 1 aromatic carbocycles. The van der Waals surface area contributed by atoms with Crippen LogP contribution in [0.1, 0.15) is 42.5 Å². The summed E-state index contributed by atoms with van der Waals surface area (Å²) in [4.78, 5) is 27.3. The van der Waals surface area contributed by atoms with Crippen molar-refractivity contribution >= 4 is 24.0 Å². The topological polar surface area (TPSA) is 129 Å². The van der Waals surface area contributed by atoms with Gasteiger partial charge in [-0.25, -0.2) is 9.67 Å². The minimum Gasteiger partial charge on any atom is -0.348 e. The van der Waals surface area contributed by atoms with Crippen LogP contribution in [0, 0.1) is 16.0 Å². The lowest BCUT2D eigenvalue weighted by Crippen LogP contribution is -2.45. The monoisotopic (exact) mass is 394 g/mol. The number of nitro benzene ring substituents is 1. The number of halogens is 1. The van der Waals surface area contributed by atoms with Crippen LogP contribution < -0.4 is 11.1 Å². The van der Waals surface area contributed by atoms with Crippen molar-refractivity contribution < 1.29 is 9.72 Å². The number of amides is 1. The Bertz CT molecular complexity index is 777. The number of nitrogens with one attached hydrogen (secondary N) is 1. The second-order valence-electron chi connectivity index (χ2n) is 6.51. The summed E-state index contributed by atoms with van der Waals surface area (Å²) in [5, 5.41) is 18.3. The lowest BCUT2D eigenvalue weighted by Gasteiger charge is -2.30. The molecule has 0 saturated heterocycles. The van der Waals surface area contributed by atoms with Crippen LogP contribution in [0.25, 0.3) is 5.69 Å². The fraction of sp³-hybridized carbons (Fsp3) is 0.471. The molecule has 1 amide bonds. The van der Waals surface area contributed by atoms with Gasteiger partial charge in [0.25, 0.3) is 11.6 Å². The number of carbonyl (C=O) groups excluding carboxylic acids is 1. The van der Waals surface area contributed by atoms with Crippen molar-refractivity contribution in [2.24, 2.45) is 11.7 Å². The van der Waals surface area contributed by atoms with Crippen LogP contribution in [0.4, 0.5) is 5.69 Å². The van der Waals surface area contributed by atoms with E-state index in [1.54, 1.807) is 6.07 Å². The molecule has 2 aromatic rings. The molecule has 0 spiro atoms. The average molecular weight is 395 g/mol. The van der Waals surface area contributed by atoms with E-state index in [2.05, 4.69) is 15.4 Å². The summed E-state index contributed by atoms with van der Waals surface area (Å²) >= 11 is 0. The average Bonchev–Trinajstić information content (AvgIpc) is 3.20. The summed E-state index contributed by atoms with van der Waals surface area (Å²) in [6, 6.07) is 4.20. The standard InChI is InChI=1S/C17H22N6O3.ClH/c18-9-14(12-4-2-1-3-5-12)21-17(24)13-6-7-15(16(8-13)23(25)26)22-11-19-10-20-22;/h6-8,10-12,14H,1-5,9,18H2,(H,21,24);1H. The molecule has 0 aliphatic heterocycles. The molecule has 1 heterocycles. The van der Waals surface area contributed by atoms with E-state index in [0.717, 1.165) is 25.7 Å². The summed E-state index contributed by atoms with van der Waals surface area (Å²) in [5.74, 6) is 0.0152. The molecule has 3 N–H and O–H groups in total. The number of carbonyl (C=O) groups is 1. The van der Waals surface area contributed by atoms with Crippen LogP contribution in [0.15, 0.2) is 30.9 Å². The number of benzene rings is 1. The minimum atomic E-state index is -0.532. The molecule has 1 aliphatic carbocycles. The van der Waals surface area contributed by atoms with E-state index in [4.69, 9.17) is 5.73 Å². The molecule has 146 valence electrons. The van der Waals surface area contributed by atoms with Gasteiger partial charge in [0.2, 0.25) is 0 Å². The highest BCUT2D eigenvalue weighted by molar-refractivity contribution is 5.95. The molecule has 1 aliphatic rings. The van der Waals surface area contributed by atoms with Gasteiger partial charge in [0.1, 0.15) is 18.3 Å². The van der Waals surface area contributed by atoms with E-state index >= 15 is 0 Å². The number of hydrogen-bond donors (Lipinski definition) is 2. The van der Waals surface area contributed by atoms with Gasteiger partial charge in [0.05, 0.1) is 4.92 Å². The van der Waals surface area contributed by atoms with Gasteiger partial charge >= 0.3 is 0 Å². The quantitative estimate of drug-likeness (QED) is 0.570. The number of nitro groups is 1. The van der Waals surface area contributed by atoms with Gasteiger partial charge in [-0.15, -0.1) is 12.4 Å². The first-order chi connectivity index (χ1) is 12.6. The SMILES string of the molecule is Cl.NCC(NC(=O)c1ccc(-n2cncn2)c([N+](=O)[O-])c1)C1CCCCC1. The van der Waals surface area contributed by atoms with Gasteiger partial charge in [0, 0.05) is 24.2 Å². The maximum atomic E-state index is 12.6. The summed E-state index contributed by atoms with van der Waals surface area (Å²) in [7, 11) is 0. The first kappa shape index (κ1) is 20.8. The first-order valence-electron chi connectivity index (χ1n) is 8.74. The van der Waals surface area contributed by atoms with Gasteiger partial charge < -0.3 is 11.1 Å². The second kappa shape index (κ2) is 9.43. The third-order valence-corrected chi connectivity index (χ3v) is 4.89. The zero-order chi connectivity index (χ0) is 18.5. The Morgan fingerprint density at radius 1 is 1.37 bits per heavy atom. The molecule has 1 aromatic heterocycles. The summed E-state index contributed by atoms with van der Waals surface area (Å²) < 4.78 is 1.30. The Balaban J connectivity index is 0.00000261. The van der Waals surface area contributed by atoms with Gasteiger partial charge in [-0.1, -0.05) is 19.3 Å². The van der Waals surface area contributed by atoms with Crippen molar-refractivity contribution in [3.05, 3.63) is 46.5 Å². The summed E-state index contributed by atoms with van der Waals surface area (Å²) in [6.07, 6.45) is 8.28. The molecule has 10 heteroatoms. The lowest BCUT2D eigenvalue weighted by atomic mass is 9.84. The molecule has 9 nitrogen and oxygen atoms in total. The van der Waals surface area contributed by atoms with E-state index in [1.165, 1.54) is 35.9 Å². The molecule has 0 radical (unpaired) electrons. The summed E-state index contributed by atoms with van der Waals surface area (Å²) in [5.41, 5.74) is 6.14. The highest BCUT2D eigenvalue weighted by Gasteiger charge is 2.25. The zero-order valence-corrected chi connectivity index (χ0v) is 15.6. The molecular formula is C17H23ClN6O3. The Labute approximate surface area is 162 Å². The fourth-order valence-corrected chi connectivity index (χ4v) is 3.49. The molecule has 3 rings (SSSR count). The van der Waals surface area contributed by atoms with Crippen LogP contribution in [-0.4, -0.2) is 38.2 Å². The van der Waals surface area contributed by atoms with Crippen LogP contribution >= 0.6 is 12.4 Å². The number of hydrogen-bond acceptors (Lipinski definition) is 6. The van der Waals surface area contributed by atoms with Crippen LogP contribution in [0.5, 0.6) is 0 Å². The Morgan fingerprint density at radius 3 is 2.70 bits per heavy atom. The van der Waals surface area contributed by atoms with Crippen molar-refractivity contribution in [3.63, 3.8) is 0 Å². The van der Waals surface area contributed by atoms with Crippen LogP contribution in [0.2, 0.25) is 0 Å². The van der Waals surface area contributed by atoms with Gasteiger partial charge in [-0.2, -0.15) is 5.10 Å². The van der Waals surface area contributed by atoms with Crippen LogP contribution in [-0.2, 0) is 0 Å². The van der Waals surface area contributed by atoms with E-state index in [1.807, 2.05) is 0 Å². The zero-order valence-electron chi connectivity index (χ0n) is 14.8. The molecule has 1 unspecified atom stereocenters. The Kier molecular flexibility index (Phi) is 7.26. The van der Waals surface area contributed by atoms with E-state index < -0.39 is 4.92 Å². The molecule has 1 atom stereocenters. The van der Waals surface area contributed by atoms with Crippen LogP contribution in [0.3, 0.4) is 0 Å². The Morgan fingerprint density at radius 2 is 2.11 bits per heavy atom. The highest BCUT2D eigenvalue weighted by Crippen LogP contribution is 2.27. The van der Waals surface area contributed by atoms with Gasteiger partial charge in [-0.05, 0) is 30.9 Å². The molecule has 27 heavy (non-hydrogen) atoms. The third kappa shape index (κ3) is 4.81. The molecular weight excluding hydrogens is 372 g/mol. The summed E-state index contributed by atoms with van der Waals surface area (Å²) in [6.45, 7) is 0.357. The van der Waals surface area contributed by atoms with Crippen molar-refractivity contribution in [1.29, 1.82) is 0 Å². The normalized spacial score (nSPS) is 15.6. The first-order valence-corrected chi connectivity index (χ1v) is 8.74. The largest absolute Gasteiger partial charge is 0.348 e. The molecule has 1 fully saturated rings. The van der Waals surface area contributed by atoms with Crippen molar-refractivity contribution in [2.75, 3.05) is 6.54 Å². The maximum absolute atomic E-state index is 12.6. The number of aromatic nitrogens is 3. The predicted molar refractivity (Wildman–Crippen MR) is 102 cm³/mol. The van der Waals surface area contributed by atoms with Crippen molar-refractivity contribution in [3.8, 4) is 5.69 Å². The van der Waals surface area contributed by atoms with Crippen molar-refractivity contribution in [1.82, 2.24) is 20.1 Å². The van der Waals surface area contributed by atoms with Crippen molar-refractivity contribution in [2.45, 2.75) is 38.1 Å². The molecule has 0 bridgehead atoms. The maximum Gasteiger partial charge on any atom is 0.295 e. The second-order valence-corrected chi connectivity index (χ2v) is 6.51. The van der Waals surface area contributed by atoms with E-state index in [9.17, 15) is 14.9 Å². The smallest absolute Gasteiger partial charge is 0.295 e. The van der Waals surface area contributed by atoms with E-state index in [-0.39, 0.29) is 41.3 Å². The van der Waals surface area contributed by atoms with Gasteiger partial charge in [-0.3, -0.25) is 14.9 Å².